The highest BCUT2D eigenvalue weighted by atomic mass is 16.5. The zero-order valence-electron chi connectivity index (χ0n) is 9.75. The van der Waals surface area contributed by atoms with Gasteiger partial charge in [0.05, 0.1) is 13.2 Å². The standard InChI is InChI=1S/C11H20N2O2/c1-11(2,3)4-5-12-10(14)13-6-8-15-9-7-13/h4-5H,6-9H2,1-3H3,(H,12,14)/b5-4+. The molecule has 2 amide bonds. The smallest absolute Gasteiger partial charge is 0.321 e. The number of carbonyl (C=O) groups is 1. The first-order valence-corrected chi connectivity index (χ1v) is 5.30. The Morgan fingerprint density at radius 2 is 1.93 bits per heavy atom. The van der Waals surface area contributed by atoms with Gasteiger partial charge in [-0.05, 0) is 5.41 Å². The van der Waals surface area contributed by atoms with E-state index in [9.17, 15) is 4.79 Å². The number of rotatable bonds is 1. The fraction of sp³-hybridized carbons (Fsp3) is 0.727. The monoisotopic (exact) mass is 212 g/mol. The minimum absolute atomic E-state index is 0.0428. The molecule has 0 atom stereocenters. The lowest BCUT2D eigenvalue weighted by atomic mass is 9.97. The predicted octanol–water partition coefficient (Wildman–Crippen LogP) is 1.59. The van der Waals surface area contributed by atoms with Crippen LogP contribution >= 0.6 is 0 Å². The number of allylic oxidation sites excluding steroid dienone is 1. The number of nitrogens with zero attached hydrogens (tertiary/aromatic N) is 1. The van der Waals surface area contributed by atoms with Crippen molar-refractivity contribution in [3.05, 3.63) is 12.3 Å². The van der Waals surface area contributed by atoms with Crippen LogP contribution in [0.3, 0.4) is 0 Å². The van der Waals surface area contributed by atoms with Crippen LogP contribution in [0.25, 0.3) is 0 Å². The quantitative estimate of drug-likeness (QED) is 0.717. The Labute approximate surface area is 91.3 Å². The summed E-state index contributed by atoms with van der Waals surface area (Å²) in [7, 11) is 0. The van der Waals surface area contributed by atoms with Gasteiger partial charge in [-0.25, -0.2) is 4.79 Å². The highest BCUT2D eigenvalue weighted by Crippen LogP contribution is 2.13. The molecule has 1 N–H and O–H groups in total. The summed E-state index contributed by atoms with van der Waals surface area (Å²) in [5.74, 6) is 0. The van der Waals surface area contributed by atoms with Gasteiger partial charge < -0.3 is 15.0 Å². The van der Waals surface area contributed by atoms with Crippen LogP contribution < -0.4 is 5.32 Å². The second kappa shape index (κ2) is 5.16. The molecule has 1 fully saturated rings. The molecule has 4 nitrogen and oxygen atoms in total. The molecule has 0 aromatic heterocycles. The van der Waals surface area contributed by atoms with Crippen molar-refractivity contribution in [3.63, 3.8) is 0 Å². The third-order valence-electron chi connectivity index (χ3n) is 2.09. The third-order valence-corrected chi connectivity index (χ3v) is 2.09. The average Bonchev–Trinajstić information content (AvgIpc) is 2.17. The largest absolute Gasteiger partial charge is 0.378 e. The van der Waals surface area contributed by atoms with Crippen LogP contribution in [0.1, 0.15) is 20.8 Å². The Balaban J connectivity index is 2.32. The topological polar surface area (TPSA) is 41.6 Å². The molecule has 86 valence electrons. The molecule has 1 heterocycles. The van der Waals surface area contributed by atoms with E-state index < -0.39 is 0 Å². The maximum Gasteiger partial charge on any atom is 0.321 e. The van der Waals surface area contributed by atoms with Crippen molar-refractivity contribution in [2.45, 2.75) is 20.8 Å². The van der Waals surface area contributed by atoms with E-state index in [0.29, 0.717) is 26.3 Å². The maximum atomic E-state index is 11.6. The number of hydrogen-bond donors (Lipinski definition) is 1. The molecule has 0 bridgehead atoms. The molecule has 0 unspecified atom stereocenters. The van der Waals surface area contributed by atoms with Crippen molar-refractivity contribution in [1.82, 2.24) is 10.2 Å². The molecule has 1 rings (SSSR count). The molecule has 0 aliphatic carbocycles. The normalized spacial score (nSPS) is 18.2. The first kappa shape index (κ1) is 12.0. The van der Waals surface area contributed by atoms with E-state index >= 15 is 0 Å². The van der Waals surface area contributed by atoms with Gasteiger partial charge in [0.15, 0.2) is 0 Å². The van der Waals surface area contributed by atoms with E-state index in [0.717, 1.165) is 0 Å². The molecule has 0 aromatic rings. The second-order valence-electron chi connectivity index (χ2n) is 4.75. The highest BCUT2D eigenvalue weighted by molar-refractivity contribution is 5.75. The molecule has 1 aliphatic rings. The number of carbonyl (C=O) groups excluding carboxylic acids is 1. The zero-order valence-corrected chi connectivity index (χ0v) is 9.75. The van der Waals surface area contributed by atoms with E-state index in [1.807, 2.05) is 6.08 Å². The van der Waals surface area contributed by atoms with E-state index in [1.54, 1.807) is 11.1 Å². The van der Waals surface area contributed by atoms with Crippen LogP contribution in [0, 0.1) is 5.41 Å². The summed E-state index contributed by atoms with van der Waals surface area (Å²) in [6, 6.07) is -0.0428. The van der Waals surface area contributed by atoms with Crippen LogP contribution in [0.2, 0.25) is 0 Å². The Kier molecular flexibility index (Phi) is 4.15. The summed E-state index contributed by atoms with van der Waals surface area (Å²) in [4.78, 5) is 13.4. The SMILES string of the molecule is CC(C)(C)/C=C/NC(=O)N1CCOCC1. The molecule has 1 saturated heterocycles. The Bertz CT molecular complexity index is 237. The third kappa shape index (κ3) is 4.83. The maximum absolute atomic E-state index is 11.6. The van der Waals surface area contributed by atoms with Crippen LogP contribution in [0.4, 0.5) is 4.79 Å². The van der Waals surface area contributed by atoms with Gasteiger partial charge in [0.25, 0.3) is 0 Å². The van der Waals surface area contributed by atoms with E-state index in [1.165, 1.54) is 0 Å². The van der Waals surface area contributed by atoms with Crippen LogP contribution in [0.15, 0.2) is 12.3 Å². The minimum atomic E-state index is -0.0428. The Morgan fingerprint density at radius 3 is 2.47 bits per heavy atom. The van der Waals surface area contributed by atoms with Crippen molar-refractivity contribution in [3.8, 4) is 0 Å². The van der Waals surface area contributed by atoms with Gasteiger partial charge in [-0.15, -0.1) is 0 Å². The molecule has 0 spiro atoms. The van der Waals surface area contributed by atoms with Crippen LogP contribution in [-0.2, 0) is 4.74 Å². The number of ether oxygens (including phenoxy) is 1. The minimum Gasteiger partial charge on any atom is -0.378 e. The summed E-state index contributed by atoms with van der Waals surface area (Å²) in [6.45, 7) is 8.89. The zero-order chi connectivity index (χ0) is 11.3. The van der Waals surface area contributed by atoms with Crippen LogP contribution in [0.5, 0.6) is 0 Å². The number of morpholine rings is 1. The van der Waals surface area contributed by atoms with E-state index in [4.69, 9.17) is 4.74 Å². The first-order chi connectivity index (χ1) is 6.99. The number of nitrogens with one attached hydrogen (secondary N) is 1. The number of urea groups is 1. The summed E-state index contributed by atoms with van der Waals surface area (Å²) in [5.41, 5.74) is 0.0955. The van der Waals surface area contributed by atoms with E-state index in [2.05, 4.69) is 26.1 Å². The Hall–Kier alpha value is -1.03. The Morgan fingerprint density at radius 1 is 1.33 bits per heavy atom. The molecule has 1 aliphatic heterocycles. The summed E-state index contributed by atoms with van der Waals surface area (Å²) < 4.78 is 5.17. The van der Waals surface area contributed by atoms with Gasteiger partial charge in [-0.2, -0.15) is 0 Å². The first-order valence-electron chi connectivity index (χ1n) is 5.30. The second-order valence-corrected chi connectivity index (χ2v) is 4.75. The molecular formula is C11H20N2O2. The fourth-order valence-corrected chi connectivity index (χ4v) is 1.22. The number of hydrogen-bond acceptors (Lipinski definition) is 2. The van der Waals surface area contributed by atoms with Crippen molar-refractivity contribution in [2.75, 3.05) is 26.3 Å². The molecule has 0 saturated carbocycles. The number of amides is 2. The van der Waals surface area contributed by atoms with Crippen molar-refractivity contribution in [1.29, 1.82) is 0 Å². The van der Waals surface area contributed by atoms with Gasteiger partial charge in [0, 0.05) is 19.3 Å². The van der Waals surface area contributed by atoms with Gasteiger partial charge in [0.1, 0.15) is 0 Å². The summed E-state index contributed by atoms with van der Waals surface area (Å²) in [6.07, 6.45) is 3.70. The highest BCUT2D eigenvalue weighted by Gasteiger charge is 2.15. The van der Waals surface area contributed by atoms with Crippen molar-refractivity contribution in [2.24, 2.45) is 5.41 Å². The van der Waals surface area contributed by atoms with E-state index in [-0.39, 0.29) is 11.4 Å². The lowest BCUT2D eigenvalue weighted by Crippen LogP contribution is -2.44. The van der Waals surface area contributed by atoms with Gasteiger partial charge in [-0.1, -0.05) is 26.8 Å². The molecular weight excluding hydrogens is 192 g/mol. The van der Waals surface area contributed by atoms with Crippen LogP contribution in [-0.4, -0.2) is 37.2 Å². The molecule has 15 heavy (non-hydrogen) atoms. The lowest BCUT2D eigenvalue weighted by molar-refractivity contribution is 0.0540. The summed E-state index contributed by atoms with van der Waals surface area (Å²) in [5, 5.41) is 2.76. The summed E-state index contributed by atoms with van der Waals surface area (Å²) >= 11 is 0. The van der Waals surface area contributed by atoms with Gasteiger partial charge in [-0.3, -0.25) is 0 Å². The molecule has 0 radical (unpaired) electrons. The average molecular weight is 212 g/mol. The van der Waals surface area contributed by atoms with Gasteiger partial charge in [0.2, 0.25) is 0 Å². The lowest BCUT2D eigenvalue weighted by Gasteiger charge is -2.26. The van der Waals surface area contributed by atoms with Crippen molar-refractivity contribution < 1.29 is 9.53 Å². The fourth-order valence-electron chi connectivity index (χ4n) is 1.22. The predicted molar refractivity (Wildman–Crippen MR) is 59.5 cm³/mol. The van der Waals surface area contributed by atoms with Crippen molar-refractivity contribution >= 4 is 6.03 Å². The molecule has 4 heteroatoms. The molecule has 0 aromatic carbocycles. The van der Waals surface area contributed by atoms with Gasteiger partial charge >= 0.3 is 6.03 Å².